The molecule has 0 bridgehead atoms. The van der Waals surface area contributed by atoms with Gasteiger partial charge in [0.25, 0.3) is 5.91 Å². The molecule has 1 heterocycles. The predicted octanol–water partition coefficient (Wildman–Crippen LogP) is 2.70. The van der Waals surface area contributed by atoms with Crippen LogP contribution in [0.1, 0.15) is 30.6 Å². The highest BCUT2D eigenvalue weighted by molar-refractivity contribution is 9.10. The Morgan fingerprint density at radius 2 is 2.21 bits per heavy atom. The first-order valence-corrected chi connectivity index (χ1v) is 7.27. The fourth-order valence-electron chi connectivity index (χ4n) is 2.48. The Balaban J connectivity index is 2.09. The highest BCUT2D eigenvalue weighted by Gasteiger charge is 2.28. The molecule has 1 saturated heterocycles. The molecule has 1 aromatic carbocycles. The van der Waals surface area contributed by atoms with E-state index in [1.165, 1.54) is 18.2 Å². The number of piperidine rings is 1. The Morgan fingerprint density at radius 1 is 1.47 bits per heavy atom. The van der Waals surface area contributed by atoms with Gasteiger partial charge in [0.1, 0.15) is 5.82 Å². The smallest absolute Gasteiger partial charge is 0.251 e. The monoisotopic (exact) mass is 328 g/mol. The Kier molecular flexibility index (Phi) is 4.58. The molecule has 2 N–H and O–H groups in total. The zero-order valence-corrected chi connectivity index (χ0v) is 12.6. The van der Waals surface area contributed by atoms with Crippen LogP contribution in [0.4, 0.5) is 4.39 Å². The van der Waals surface area contributed by atoms with Gasteiger partial charge in [-0.1, -0.05) is 6.92 Å². The summed E-state index contributed by atoms with van der Waals surface area (Å²) in [7, 11) is 0. The van der Waals surface area contributed by atoms with Crippen molar-refractivity contribution < 1.29 is 9.18 Å². The molecule has 1 amide bonds. The van der Waals surface area contributed by atoms with Gasteiger partial charge in [-0.25, -0.2) is 4.39 Å². The lowest BCUT2D eigenvalue weighted by atomic mass is 9.89. The Hall–Kier alpha value is -0.940. The summed E-state index contributed by atoms with van der Waals surface area (Å²) in [4.78, 5) is 12.2. The minimum absolute atomic E-state index is 0.102. The summed E-state index contributed by atoms with van der Waals surface area (Å²) >= 11 is 3.10. The second-order valence-electron chi connectivity index (χ2n) is 5.14. The first kappa shape index (κ1) is 14.5. The van der Waals surface area contributed by atoms with Gasteiger partial charge in [-0.05, 0) is 59.9 Å². The van der Waals surface area contributed by atoms with Crippen LogP contribution in [0.25, 0.3) is 0 Å². The Labute approximate surface area is 121 Å². The zero-order valence-electron chi connectivity index (χ0n) is 11.0. The number of benzene rings is 1. The molecule has 1 aliphatic heterocycles. The third kappa shape index (κ3) is 3.34. The molecule has 0 saturated carbocycles. The van der Waals surface area contributed by atoms with Crippen LogP contribution in [-0.4, -0.2) is 24.5 Å². The number of amides is 1. The number of rotatable bonds is 2. The first-order valence-electron chi connectivity index (χ1n) is 6.48. The van der Waals surface area contributed by atoms with E-state index in [0.29, 0.717) is 16.0 Å². The van der Waals surface area contributed by atoms with Crippen molar-refractivity contribution in [3.63, 3.8) is 0 Å². The Morgan fingerprint density at radius 3 is 2.84 bits per heavy atom. The third-order valence-electron chi connectivity index (χ3n) is 3.70. The first-order chi connectivity index (χ1) is 8.99. The van der Waals surface area contributed by atoms with Crippen molar-refractivity contribution in [2.45, 2.75) is 32.4 Å². The molecule has 104 valence electrons. The van der Waals surface area contributed by atoms with E-state index in [1.54, 1.807) is 0 Å². The van der Waals surface area contributed by atoms with Gasteiger partial charge in [0, 0.05) is 17.6 Å². The summed E-state index contributed by atoms with van der Waals surface area (Å²) in [5.41, 5.74) is 0.471. The highest BCUT2D eigenvalue weighted by Crippen LogP contribution is 2.19. The molecule has 3 atom stereocenters. The number of carbonyl (C=O) groups is 1. The van der Waals surface area contributed by atoms with E-state index in [1.807, 2.05) is 0 Å². The molecule has 0 aliphatic carbocycles. The van der Waals surface area contributed by atoms with Crippen LogP contribution in [0.15, 0.2) is 22.7 Å². The van der Waals surface area contributed by atoms with E-state index in [-0.39, 0.29) is 23.8 Å². The van der Waals surface area contributed by atoms with E-state index in [2.05, 4.69) is 40.4 Å². The van der Waals surface area contributed by atoms with Crippen LogP contribution in [-0.2, 0) is 0 Å². The topological polar surface area (TPSA) is 41.1 Å². The molecular formula is C14H18BrFN2O. The average Bonchev–Trinajstić information content (AvgIpc) is 2.37. The summed E-state index contributed by atoms with van der Waals surface area (Å²) < 4.78 is 13.5. The highest BCUT2D eigenvalue weighted by atomic mass is 79.9. The van der Waals surface area contributed by atoms with Crippen molar-refractivity contribution in [1.82, 2.24) is 10.6 Å². The fraction of sp³-hybridized carbons (Fsp3) is 0.500. The minimum Gasteiger partial charge on any atom is -0.347 e. The van der Waals surface area contributed by atoms with Crippen molar-refractivity contribution in [3.05, 3.63) is 34.1 Å². The SMILES string of the molecule is CC1CCNC(C)C1NC(=O)c1ccc(F)c(Br)c1. The number of hydrogen-bond acceptors (Lipinski definition) is 2. The molecule has 2 rings (SSSR count). The maximum atomic E-state index is 13.2. The van der Waals surface area contributed by atoms with Crippen molar-refractivity contribution >= 4 is 21.8 Å². The van der Waals surface area contributed by atoms with E-state index < -0.39 is 0 Å². The molecule has 0 spiro atoms. The van der Waals surface area contributed by atoms with Crippen molar-refractivity contribution in [2.24, 2.45) is 5.92 Å². The van der Waals surface area contributed by atoms with E-state index in [9.17, 15) is 9.18 Å². The van der Waals surface area contributed by atoms with Gasteiger partial charge < -0.3 is 10.6 Å². The molecule has 3 nitrogen and oxygen atoms in total. The molecule has 3 unspecified atom stereocenters. The van der Waals surface area contributed by atoms with Crippen LogP contribution in [0.3, 0.4) is 0 Å². The van der Waals surface area contributed by atoms with E-state index in [0.717, 1.165) is 13.0 Å². The molecule has 19 heavy (non-hydrogen) atoms. The van der Waals surface area contributed by atoms with Gasteiger partial charge in [0.2, 0.25) is 0 Å². The predicted molar refractivity (Wildman–Crippen MR) is 76.6 cm³/mol. The van der Waals surface area contributed by atoms with Crippen LogP contribution < -0.4 is 10.6 Å². The quantitative estimate of drug-likeness (QED) is 0.876. The van der Waals surface area contributed by atoms with Gasteiger partial charge in [-0.3, -0.25) is 4.79 Å². The molecule has 1 aliphatic rings. The summed E-state index contributed by atoms with van der Waals surface area (Å²) in [6.45, 7) is 5.20. The second kappa shape index (κ2) is 6.01. The lowest BCUT2D eigenvalue weighted by Gasteiger charge is -2.36. The van der Waals surface area contributed by atoms with Gasteiger partial charge in [0.05, 0.1) is 4.47 Å². The number of nitrogens with one attached hydrogen (secondary N) is 2. The van der Waals surface area contributed by atoms with Crippen LogP contribution in [0, 0.1) is 11.7 Å². The molecule has 1 fully saturated rings. The van der Waals surface area contributed by atoms with Crippen molar-refractivity contribution in [1.29, 1.82) is 0 Å². The maximum absolute atomic E-state index is 13.2. The number of halogens is 2. The lowest BCUT2D eigenvalue weighted by Crippen LogP contribution is -2.55. The average molecular weight is 329 g/mol. The fourth-order valence-corrected chi connectivity index (χ4v) is 2.86. The molecule has 1 aromatic rings. The van der Waals surface area contributed by atoms with Gasteiger partial charge >= 0.3 is 0 Å². The standard InChI is InChI=1S/C14H18BrFN2O/c1-8-5-6-17-9(2)13(8)18-14(19)10-3-4-12(16)11(15)7-10/h3-4,7-9,13,17H,5-6H2,1-2H3,(H,18,19). The van der Waals surface area contributed by atoms with Gasteiger partial charge in [-0.2, -0.15) is 0 Å². The molecule has 0 radical (unpaired) electrons. The maximum Gasteiger partial charge on any atom is 0.251 e. The summed E-state index contributed by atoms with van der Waals surface area (Å²) in [6.07, 6.45) is 1.04. The number of carbonyl (C=O) groups excluding carboxylic acids is 1. The molecule has 0 aromatic heterocycles. The largest absolute Gasteiger partial charge is 0.347 e. The van der Waals surface area contributed by atoms with E-state index >= 15 is 0 Å². The van der Waals surface area contributed by atoms with E-state index in [4.69, 9.17) is 0 Å². The van der Waals surface area contributed by atoms with Crippen molar-refractivity contribution in [3.8, 4) is 0 Å². The van der Waals surface area contributed by atoms with Gasteiger partial charge in [0.15, 0.2) is 0 Å². The summed E-state index contributed by atoms with van der Waals surface area (Å²) in [6, 6.07) is 4.66. The summed E-state index contributed by atoms with van der Waals surface area (Å²) in [5, 5.41) is 6.39. The zero-order chi connectivity index (χ0) is 14.0. The summed E-state index contributed by atoms with van der Waals surface area (Å²) in [5.74, 6) is -0.0881. The third-order valence-corrected chi connectivity index (χ3v) is 4.30. The van der Waals surface area contributed by atoms with Crippen LogP contribution in [0.5, 0.6) is 0 Å². The normalized spacial score (nSPS) is 27.1. The lowest BCUT2D eigenvalue weighted by molar-refractivity contribution is 0.0897. The van der Waals surface area contributed by atoms with Crippen LogP contribution >= 0.6 is 15.9 Å². The Bertz CT molecular complexity index is 471. The number of hydrogen-bond donors (Lipinski definition) is 2. The minimum atomic E-state index is -0.363. The second-order valence-corrected chi connectivity index (χ2v) is 5.99. The van der Waals surface area contributed by atoms with Crippen LogP contribution in [0.2, 0.25) is 0 Å². The molecular weight excluding hydrogens is 311 g/mol. The molecule has 5 heteroatoms. The van der Waals surface area contributed by atoms with Gasteiger partial charge in [-0.15, -0.1) is 0 Å². The van der Waals surface area contributed by atoms with Crippen molar-refractivity contribution in [2.75, 3.05) is 6.54 Å².